The van der Waals surface area contributed by atoms with Crippen molar-refractivity contribution in [3.63, 3.8) is 0 Å². The minimum Gasteiger partial charge on any atom is -0.347 e. The fourth-order valence-corrected chi connectivity index (χ4v) is 4.61. The Kier molecular flexibility index (Phi) is 4.89. The van der Waals surface area contributed by atoms with Crippen molar-refractivity contribution < 1.29 is 9.59 Å². The lowest BCUT2D eigenvalue weighted by molar-refractivity contribution is -0.117. The molecule has 5 nitrogen and oxygen atoms in total. The quantitative estimate of drug-likeness (QED) is 0.670. The number of fused-ring (bicyclic) bond motifs is 1. The average molecular weight is 394 g/mol. The van der Waals surface area contributed by atoms with E-state index < -0.39 is 0 Å². The molecule has 2 aromatic heterocycles. The van der Waals surface area contributed by atoms with Crippen LogP contribution in [-0.2, 0) is 11.3 Å². The van der Waals surface area contributed by atoms with Crippen molar-refractivity contribution in [1.82, 2.24) is 10.3 Å². The van der Waals surface area contributed by atoms with Crippen molar-refractivity contribution >= 4 is 39.1 Å². The lowest BCUT2D eigenvalue weighted by Crippen LogP contribution is -2.22. The van der Waals surface area contributed by atoms with Crippen molar-refractivity contribution in [2.75, 3.05) is 5.32 Å². The first-order chi connectivity index (χ1) is 13.4. The van der Waals surface area contributed by atoms with E-state index >= 15 is 0 Å². The van der Waals surface area contributed by atoms with Crippen LogP contribution in [-0.4, -0.2) is 16.8 Å². The van der Waals surface area contributed by atoms with Crippen LogP contribution in [0.3, 0.4) is 0 Å². The predicted octanol–water partition coefficient (Wildman–Crippen LogP) is 4.50. The van der Waals surface area contributed by atoms with Crippen molar-refractivity contribution in [3.8, 4) is 0 Å². The molecule has 6 heteroatoms. The molecule has 0 radical (unpaired) electrons. The summed E-state index contributed by atoms with van der Waals surface area (Å²) in [5, 5.41) is 7.00. The van der Waals surface area contributed by atoms with E-state index in [2.05, 4.69) is 22.5 Å². The molecule has 0 spiro atoms. The molecular weight excluding hydrogens is 370 g/mol. The van der Waals surface area contributed by atoms with Crippen LogP contribution >= 0.6 is 11.3 Å². The van der Waals surface area contributed by atoms with Crippen molar-refractivity contribution in [3.05, 3.63) is 57.6 Å². The maximum atomic E-state index is 12.7. The molecule has 0 saturated heterocycles. The number of amides is 2. The smallest absolute Gasteiger partial charge is 0.261 e. The number of aryl methyl sites for hydroxylation is 3. The van der Waals surface area contributed by atoms with Gasteiger partial charge in [-0.3, -0.25) is 9.59 Å². The number of thiophene rings is 1. The molecular formula is C22H23N3O2S. The van der Waals surface area contributed by atoms with Crippen LogP contribution in [0.15, 0.2) is 30.3 Å². The number of hydrogen-bond acceptors (Lipinski definition) is 4. The van der Waals surface area contributed by atoms with Gasteiger partial charge in [0.05, 0.1) is 4.88 Å². The number of carbonyl (C=O) groups excluding carboxylic acids is 2. The first-order valence-electron chi connectivity index (χ1n) is 9.47. The predicted molar refractivity (Wildman–Crippen MR) is 113 cm³/mol. The number of hydrogen-bond donors (Lipinski definition) is 2. The third kappa shape index (κ3) is 3.78. The Morgan fingerprint density at radius 1 is 1.14 bits per heavy atom. The van der Waals surface area contributed by atoms with Crippen LogP contribution in [0.2, 0.25) is 0 Å². The van der Waals surface area contributed by atoms with E-state index in [1.165, 1.54) is 11.3 Å². The Bertz CT molecular complexity index is 1070. The zero-order valence-corrected chi connectivity index (χ0v) is 17.1. The van der Waals surface area contributed by atoms with Gasteiger partial charge >= 0.3 is 0 Å². The number of anilines is 1. The van der Waals surface area contributed by atoms with E-state index in [9.17, 15) is 9.59 Å². The van der Waals surface area contributed by atoms with Gasteiger partial charge in [0.25, 0.3) is 5.91 Å². The number of rotatable bonds is 5. The molecule has 3 aromatic rings. The Labute approximate surface area is 168 Å². The van der Waals surface area contributed by atoms with Gasteiger partial charge in [0.2, 0.25) is 5.91 Å². The van der Waals surface area contributed by atoms with Gasteiger partial charge in [-0.1, -0.05) is 12.1 Å². The van der Waals surface area contributed by atoms with Gasteiger partial charge in [-0.15, -0.1) is 11.3 Å². The highest BCUT2D eigenvalue weighted by atomic mass is 32.1. The summed E-state index contributed by atoms with van der Waals surface area (Å²) in [6, 6.07) is 9.66. The number of nitrogens with zero attached hydrogens (tertiary/aromatic N) is 1. The number of aromatic nitrogens is 1. The summed E-state index contributed by atoms with van der Waals surface area (Å²) in [6.07, 6.45) is 1.98. The molecule has 1 aliphatic carbocycles. The Morgan fingerprint density at radius 2 is 1.86 bits per heavy atom. The van der Waals surface area contributed by atoms with Gasteiger partial charge in [0, 0.05) is 29.2 Å². The molecule has 144 valence electrons. The molecule has 1 aliphatic rings. The molecule has 0 bridgehead atoms. The standard InChI is InChI=1S/C22H23N3O2S/c1-12-10-13(2)24-22-18(12)14(3)19(28-22)21(27)23-11-15-4-8-17(9-5-15)25-20(26)16-6-7-16/h4-5,8-10,16H,6-7,11H2,1-3H3,(H,23,27)(H,25,26). The van der Waals surface area contributed by atoms with Crippen molar-refractivity contribution in [2.45, 2.75) is 40.2 Å². The number of carbonyl (C=O) groups is 2. The molecule has 1 aromatic carbocycles. The molecule has 2 amide bonds. The second-order valence-corrected chi connectivity index (χ2v) is 8.46. The third-order valence-corrected chi connectivity index (χ3v) is 6.24. The van der Waals surface area contributed by atoms with Crippen LogP contribution in [0.5, 0.6) is 0 Å². The van der Waals surface area contributed by atoms with Crippen molar-refractivity contribution in [1.29, 1.82) is 0 Å². The lowest BCUT2D eigenvalue weighted by Gasteiger charge is -2.07. The molecule has 0 aliphatic heterocycles. The minimum absolute atomic E-state index is 0.0799. The number of benzene rings is 1. The van der Waals surface area contributed by atoms with Crippen LogP contribution in [0.1, 0.15) is 44.9 Å². The highest BCUT2D eigenvalue weighted by molar-refractivity contribution is 7.20. The fraction of sp³-hybridized carbons (Fsp3) is 0.318. The highest BCUT2D eigenvalue weighted by Crippen LogP contribution is 2.32. The molecule has 2 heterocycles. The first-order valence-corrected chi connectivity index (χ1v) is 10.3. The van der Waals surface area contributed by atoms with Crippen LogP contribution < -0.4 is 10.6 Å². The summed E-state index contributed by atoms with van der Waals surface area (Å²) in [5.74, 6) is 0.203. The zero-order chi connectivity index (χ0) is 19.8. The summed E-state index contributed by atoms with van der Waals surface area (Å²) in [4.78, 5) is 30.7. The minimum atomic E-state index is -0.0799. The first kappa shape index (κ1) is 18.6. The van der Waals surface area contributed by atoms with Gasteiger partial charge in [-0.05, 0) is 68.5 Å². The third-order valence-electron chi connectivity index (χ3n) is 5.05. The van der Waals surface area contributed by atoms with Crippen LogP contribution in [0, 0.1) is 26.7 Å². The number of nitrogens with one attached hydrogen (secondary N) is 2. The van der Waals surface area contributed by atoms with Gasteiger partial charge in [0.15, 0.2) is 0 Å². The summed E-state index contributed by atoms with van der Waals surface area (Å²) < 4.78 is 0. The molecule has 0 unspecified atom stereocenters. The van der Waals surface area contributed by atoms with Gasteiger partial charge < -0.3 is 10.6 Å². The van der Waals surface area contributed by atoms with E-state index in [1.54, 1.807) is 0 Å². The molecule has 0 atom stereocenters. The van der Waals surface area contributed by atoms with Crippen LogP contribution in [0.4, 0.5) is 5.69 Å². The van der Waals surface area contributed by atoms with Gasteiger partial charge in [0.1, 0.15) is 4.83 Å². The fourth-order valence-electron chi connectivity index (χ4n) is 3.39. The maximum Gasteiger partial charge on any atom is 0.261 e. The van der Waals surface area contributed by atoms with E-state index in [0.717, 1.165) is 51.1 Å². The summed E-state index contributed by atoms with van der Waals surface area (Å²) in [5.41, 5.74) is 4.89. The normalized spacial score (nSPS) is 13.5. The zero-order valence-electron chi connectivity index (χ0n) is 16.3. The molecule has 28 heavy (non-hydrogen) atoms. The van der Waals surface area contributed by atoms with E-state index in [4.69, 9.17) is 0 Å². The highest BCUT2D eigenvalue weighted by Gasteiger charge is 2.29. The van der Waals surface area contributed by atoms with Crippen molar-refractivity contribution in [2.24, 2.45) is 5.92 Å². The number of pyridine rings is 1. The Balaban J connectivity index is 1.43. The largest absolute Gasteiger partial charge is 0.347 e. The Morgan fingerprint density at radius 3 is 2.54 bits per heavy atom. The summed E-state index contributed by atoms with van der Waals surface area (Å²) in [6.45, 7) is 6.45. The summed E-state index contributed by atoms with van der Waals surface area (Å²) >= 11 is 1.44. The van der Waals surface area contributed by atoms with E-state index in [1.807, 2.05) is 44.2 Å². The summed E-state index contributed by atoms with van der Waals surface area (Å²) in [7, 11) is 0. The SMILES string of the molecule is Cc1cc(C)c2c(C)c(C(=O)NCc3ccc(NC(=O)C4CC4)cc3)sc2n1. The van der Waals surface area contributed by atoms with Gasteiger partial charge in [-0.25, -0.2) is 4.98 Å². The average Bonchev–Trinajstić information content (AvgIpc) is 3.45. The second-order valence-electron chi connectivity index (χ2n) is 7.46. The maximum absolute atomic E-state index is 12.7. The monoisotopic (exact) mass is 393 g/mol. The molecule has 2 N–H and O–H groups in total. The van der Waals surface area contributed by atoms with E-state index in [0.29, 0.717) is 11.4 Å². The van der Waals surface area contributed by atoms with E-state index in [-0.39, 0.29) is 17.7 Å². The van der Waals surface area contributed by atoms with Gasteiger partial charge in [-0.2, -0.15) is 0 Å². The Hall–Kier alpha value is -2.73. The van der Waals surface area contributed by atoms with Crippen LogP contribution in [0.25, 0.3) is 10.2 Å². The molecule has 4 rings (SSSR count). The lowest BCUT2D eigenvalue weighted by atomic mass is 10.1. The molecule has 1 saturated carbocycles. The second kappa shape index (κ2) is 7.36. The molecule has 1 fully saturated rings. The topological polar surface area (TPSA) is 71.1 Å².